The molecule has 3 N–H and O–H groups in total. The maximum atomic E-state index is 12.4. The Morgan fingerprint density at radius 1 is 1.12 bits per heavy atom. The summed E-state index contributed by atoms with van der Waals surface area (Å²) in [6.07, 6.45) is -0.137. The van der Waals surface area contributed by atoms with Gasteiger partial charge < -0.3 is 20.2 Å². The molecule has 2 aromatic rings. The van der Waals surface area contributed by atoms with E-state index in [0.717, 1.165) is 5.76 Å². The monoisotopic (exact) mass is 358 g/mol. The van der Waals surface area contributed by atoms with Crippen molar-refractivity contribution in [1.29, 1.82) is 0 Å². The first-order valence-electron chi connectivity index (χ1n) is 8.29. The van der Waals surface area contributed by atoms with E-state index in [1.807, 2.05) is 13.8 Å². The van der Waals surface area contributed by atoms with E-state index in [4.69, 9.17) is 9.52 Å². The number of amides is 2. The summed E-state index contributed by atoms with van der Waals surface area (Å²) in [7, 11) is 0. The summed E-state index contributed by atoms with van der Waals surface area (Å²) in [5.41, 5.74) is 1.41. The van der Waals surface area contributed by atoms with E-state index in [1.54, 1.807) is 37.3 Å². The van der Waals surface area contributed by atoms with Crippen molar-refractivity contribution < 1.29 is 23.9 Å². The molecule has 0 saturated carbocycles. The average molecular weight is 358 g/mol. The number of hydrogen-bond donors (Lipinski definition) is 3. The number of aryl methyl sites for hydroxylation is 1. The molecule has 0 unspecified atom stereocenters. The maximum absolute atomic E-state index is 12.4. The summed E-state index contributed by atoms with van der Waals surface area (Å²) >= 11 is 0. The summed E-state index contributed by atoms with van der Waals surface area (Å²) in [5, 5.41) is 13.8. The van der Waals surface area contributed by atoms with Gasteiger partial charge in [-0.2, -0.15) is 0 Å². The number of carbonyl (C=O) groups is 3. The van der Waals surface area contributed by atoms with Crippen molar-refractivity contribution in [1.82, 2.24) is 5.32 Å². The molecule has 0 aliphatic carbocycles. The molecule has 0 fully saturated rings. The minimum Gasteiger partial charge on any atom is -0.481 e. The first kappa shape index (κ1) is 19.2. The van der Waals surface area contributed by atoms with Gasteiger partial charge in [-0.25, -0.2) is 0 Å². The van der Waals surface area contributed by atoms with E-state index in [0.29, 0.717) is 22.6 Å². The molecule has 0 spiro atoms. The van der Waals surface area contributed by atoms with Crippen molar-refractivity contribution in [3.63, 3.8) is 0 Å². The van der Waals surface area contributed by atoms with Crippen LogP contribution in [0, 0.1) is 6.92 Å². The van der Waals surface area contributed by atoms with Crippen LogP contribution in [0.3, 0.4) is 0 Å². The summed E-state index contributed by atoms with van der Waals surface area (Å²) in [6.45, 7) is 5.77. The largest absolute Gasteiger partial charge is 0.481 e. The zero-order chi connectivity index (χ0) is 19.3. The molecule has 7 heteroatoms. The second-order valence-corrected chi connectivity index (χ2v) is 6.20. The Morgan fingerprint density at radius 2 is 1.77 bits per heavy atom. The number of hydrogen-bond acceptors (Lipinski definition) is 4. The maximum Gasteiger partial charge on any atom is 0.305 e. The number of aliphatic carboxylic acids is 1. The lowest BCUT2D eigenvalue weighted by Gasteiger charge is -2.07. The molecule has 2 rings (SSSR count). The van der Waals surface area contributed by atoms with Crippen molar-refractivity contribution in [2.24, 2.45) is 0 Å². The summed E-state index contributed by atoms with van der Waals surface area (Å²) in [6, 6.07) is 8.09. The molecule has 1 aromatic heterocycles. The third-order valence-corrected chi connectivity index (χ3v) is 3.78. The van der Waals surface area contributed by atoms with Crippen molar-refractivity contribution in [3.8, 4) is 0 Å². The zero-order valence-corrected chi connectivity index (χ0v) is 15.0. The predicted molar refractivity (Wildman–Crippen MR) is 96.5 cm³/mol. The molecule has 1 heterocycles. The minimum atomic E-state index is -0.974. The fourth-order valence-electron chi connectivity index (χ4n) is 2.30. The molecule has 2 amide bonds. The second-order valence-electron chi connectivity index (χ2n) is 6.20. The van der Waals surface area contributed by atoms with E-state index in [9.17, 15) is 14.4 Å². The topological polar surface area (TPSA) is 109 Å². The highest BCUT2D eigenvalue weighted by Crippen LogP contribution is 2.22. The molecular weight excluding hydrogens is 336 g/mol. The number of carboxylic acids is 1. The number of rotatable bonds is 7. The third kappa shape index (κ3) is 4.95. The molecule has 0 bridgehead atoms. The second kappa shape index (κ2) is 8.33. The Labute approximate surface area is 151 Å². The molecule has 138 valence electrons. The van der Waals surface area contributed by atoms with E-state index in [2.05, 4.69) is 10.6 Å². The Hall–Kier alpha value is -3.09. The van der Waals surface area contributed by atoms with Crippen LogP contribution in [0.4, 0.5) is 5.69 Å². The Balaban J connectivity index is 1.99. The number of benzene rings is 1. The van der Waals surface area contributed by atoms with E-state index in [1.165, 1.54) is 0 Å². The Morgan fingerprint density at radius 3 is 2.31 bits per heavy atom. The zero-order valence-electron chi connectivity index (χ0n) is 15.0. The quantitative estimate of drug-likeness (QED) is 0.704. The predicted octanol–water partition coefficient (Wildman–Crippen LogP) is 3.17. The molecule has 0 radical (unpaired) electrons. The van der Waals surface area contributed by atoms with Gasteiger partial charge in [0, 0.05) is 23.7 Å². The van der Waals surface area contributed by atoms with Crippen LogP contribution < -0.4 is 10.6 Å². The van der Waals surface area contributed by atoms with E-state index >= 15 is 0 Å². The van der Waals surface area contributed by atoms with Crippen LogP contribution in [0.2, 0.25) is 0 Å². The standard InChI is InChI=1S/C19H22N2O5/c1-11(2)16-10-15(12(3)26-16)19(25)21-14-6-4-13(5-7-14)18(24)20-9-8-17(22)23/h4-7,10-11H,8-9H2,1-3H3,(H,20,24)(H,21,25)(H,22,23). The van der Waals surface area contributed by atoms with Gasteiger partial charge in [0.25, 0.3) is 11.8 Å². The van der Waals surface area contributed by atoms with Crippen LogP contribution in [0.1, 0.15) is 58.4 Å². The highest BCUT2D eigenvalue weighted by molar-refractivity contribution is 6.05. The lowest BCUT2D eigenvalue weighted by atomic mass is 10.1. The van der Waals surface area contributed by atoms with Crippen LogP contribution in [-0.2, 0) is 4.79 Å². The number of furan rings is 1. The van der Waals surface area contributed by atoms with Gasteiger partial charge in [-0.3, -0.25) is 14.4 Å². The summed E-state index contributed by atoms with van der Waals surface area (Å²) in [5.74, 6) is -0.123. The van der Waals surface area contributed by atoms with Gasteiger partial charge in [0.1, 0.15) is 11.5 Å². The van der Waals surface area contributed by atoms with Gasteiger partial charge in [-0.1, -0.05) is 13.8 Å². The summed E-state index contributed by atoms with van der Waals surface area (Å²) in [4.78, 5) is 34.7. The van der Waals surface area contributed by atoms with Gasteiger partial charge in [-0.15, -0.1) is 0 Å². The SMILES string of the molecule is Cc1oc(C(C)C)cc1C(=O)Nc1ccc(C(=O)NCCC(=O)O)cc1. The van der Waals surface area contributed by atoms with Crippen LogP contribution in [0.25, 0.3) is 0 Å². The fraction of sp³-hybridized carbons (Fsp3) is 0.316. The highest BCUT2D eigenvalue weighted by Gasteiger charge is 2.17. The highest BCUT2D eigenvalue weighted by atomic mass is 16.4. The van der Waals surface area contributed by atoms with Gasteiger partial charge >= 0.3 is 5.97 Å². The first-order chi connectivity index (χ1) is 12.3. The lowest BCUT2D eigenvalue weighted by molar-refractivity contribution is -0.136. The molecule has 26 heavy (non-hydrogen) atoms. The number of nitrogens with one attached hydrogen (secondary N) is 2. The molecule has 7 nitrogen and oxygen atoms in total. The molecule has 0 aliphatic heterocycles. The van der Waals surface area contributed by atoms with E-state index in [-0.39, 0.29) is 30.7 Å². The normalized spacial score (nSPS) is 10.6. The molecule has 0 aliphatic rings. The van der Waals surface area contributed by atoms with Crippen molar-refractivity contribution >= 4 is 23.5 Å². The Kier molecular flexibility index (Phi) is 6.16. The van der Waals surface area contributed by atoms with Crippen LogP contribution >= 0.6 is 0 Å². The smallest absolute Gasteiger partial charge is 0.305 e. The van der Waals surface area contributed by atoms with Crippen LogP contribution in [0.5, 0.6) is 0 Å². The molecule has 1 aromatic carbocycles. The van der Waals surface area contributed by atoms with Crippen molar-refractivity contribution in [2.45, 2.75) is 33.1 Å². The average Bonchev–Trinajstić information content (AvgIpc) is 2.97. The van der Waals surface area contributed by atoms with Gasteiger partial charge in [0.15, 0.2) is 0 Å². The number of carbonyl (C=O) groups excluding carboxylic acids is 2. The van der Waals surface area contributed by atoms with E-state index < -0.39 is 5.97 Å². The molecule has 0 atom stereocenters. The van der Waals surface area contributed by atoms with Crippen molar-refractivity contribution in [3.05, 3.63) is 53.0 Å². The minimum absolute atomic E-state index is 0.0601. The fourth-order valence-corrected chi connectivity index (χ4v) is 2.30. The van der Waals surface area contributed by atoms with Gasteiger partial charge in [-0.05, 0) is 37.3 Å². The summed E-state index contributed by atoms with van der Waals surface area (Å²) < 4.78 is 5.58. The molecular formula is C19H22N2O5. The first-order valence-corrected chi connectivity index (χ1v) is 8.29. The Bertz CT molecular complexity index is 806. The van der Waals surface area contributed by atoms with Gasteiger partial charge in [0.05, 0.1) is 12.0 Å². The third-order valence-electron chi connectivity index (χ3n) is 3.78. The van der Waals surface area contributed by atoms with Crippen molar-refractivity contribution in [2.75, 3.05) is 11.9 Å². The van der Waals surface area contributed by atoms with Crippen LogP contribution in [0.15, 0.2) is 34.7 Å². The van der Waals surface area contributed by atoms with Crippen LogP contribution in [-0.4, -0.2) is 29.4 Å². The lowest BCUT2D eigenvalue weighted by Crippen LogP contribution is -2.25. The number of carboxylic acid groups (broad SMARTS) is 1. The number of anilines is 1. The molecule has 0 saturated heterocycles. The van der Waals surface area contributed by atoms with Gasteiger partial charge in [0.2, 0.25) is 0 Å².